The summed E-state index contributed by atoms with van der Waals surface area (Å²) in [5.74, 6) is 0. The summed E-state index contributed by atoms with van der Waals surface area (Å²) in [5, 5.41) is 0. The van der Waals surface area contributed by atoms with Gasteiger partial charge in [0.2, 0.25) is 6.54 Å². The lowest BCUT2D eigenvalue weighted by Gasteiger charge is -2.39. The Morgan fingerprint density at radius 2 is 1.79 bits per heavy atom. The molecule has 14 heteroatoms. The number of aryl methyl sites for hydroxylation is 1. The first-order chi connectivity index (χ1) is 18.2. The van der Waals surface area contributed by atoms with Crippen molar-refractivity contribution < 1.29 is 27.8 Å². The van der Waals surface area contributed by atoms with Crippen LogP contribution in [-0.4, -0.2) is 97.1 Å². The zero-order valence-corrected chi connectivity index (χ0v) is 26.2. The molecule has 0 amide bonds. The van der Waals surface area contributed by atoms with Gasteiger partial charge < -0.3 is 32.7 Å². The molecule has 0 bridgehead atoms. The van der Waals surface area contributed by atoms with Crippen molar-refractivity contribution in [1.82, 2.24) is 14.2 Å². The molecule has 0 spiro atoms. The maximum Gasteiger partial charge on any atom is 0.330 e. The van der Waals surface area contributed by atoms with E-state index >= 15 is 0 Å². The van der Waals surface area contributed by atoms with E-state index < -0.39 is 57.1 Å². The Hall–Kier alpha value is -1.41. The molecule has 1 aromatic rings. The number of hydrogen-bond acceptors (Lipinski definition) is 9. The molecule has 0 saturated carbocycles. The van der Waals surface area contributed by atoms with E-state index in [1.165, 1.54) is 10.8 Å². The van der Waals surface area contributed by atoms with Crippen LogP contribution in [0.2, 0.25) is 0 Å². The molecule has 0 aliphatic carbocycles. The molecule has 1 aliphatic rings. The summed E-state index contributed by atoms with van der Waals surface area (Å²) in [6.45, 7) is 22.9. The van der Waals surface area contributed by atoms with Gasteiger partial charge in [0.15, 0.2) is 6.23 Å². The fourth-order valence-electron chi connectivity index (χ4n) is 4.36. The first-order valence-corrected chi connectivity index (χ1v) is 16.9. The minimum Gasteiger partial charge on any atom is -0.382 e. The van der Waals surface area contributed by atoms with Crippen molar-refractivity contribution in [2.24, 2.45) is 0 Å². The van der Waals surface area contributed by atoms with Gasteiger partial charge in [0.1, 0.15) is 18.8 Å². The first kappa shape index (κ1) is 33.8. The molecule has 2 heterocycles. The third-order valence-electron chi connectivity index (χ3n) is 6.56. The van der Waals surface area contributed by atoms with Crippen molar-refractivity contribution >= 4 is 15.7 Å². The smallest absolute Gasteiger partial charge is 0.330 e. The van der Waals surface area contributed by atoms with Gasteiger partial charge >= 0.3 is 5.69 Å². The highest BCUT2D eigenvalue weighted by atomic mass is 31.2. The van der Waals surface area contributed by atoms with Crippen molar-refractivity contribution in [3.63, 3.8) is 0 Å². The summed E-state index contributed by atoms with van der Waals surface area (Å²) in [5.41, 5.74) is -1.26. The maximum absolute atomic E-state index is 13.3. The van der Waals surface area contributed by atoms with Crippen LogP contribution in [0.3, 0.4) is 0 Å². The Labute approximate surface area is 232 Å². The minimum absolute atomic E-state index is 0.0545. The van der Waals surface area contributed by atoms with E-state index in [0.29, 0.717) is 5.56 Å². The molecule has 1 aliphatic heterocycles. The molecule has 39 heavy (non-hydrogen) atoms. The zero-order valence-electron chi connectivity index (χ0n) is 24.4. The highest BCUT2D eigenvalue weighted by Gasteiger charge is 2.53. The fourth-order valence-corrected chi connectivity index (χ4v) is 7.06. The normalized spacial score (nSPS) is 23.5. The Bertz CT molecular complexity index is 1120. The number of rotatable bonds is 15. The summed E-state index contributed by atoms with van der Waals surface area (Å²) < 4.78 is 47.4. The van der Waals surface area contributed by atoms with Crippen molar-refractivity contribution in [3.8, 4) is 0 Å². The van der Waals surface area contributed by atoms with E-state index in [2.05, 4.69) is 14.5 Å². The lowest BCUT2D eigenvalue weighted by atomic mass is 10.1. The molecule has 2 unspecified atom stereocenters. The van der Waals surface area contributed by atoms with Gasteiger partial charge in [-0.15, -0.1) is 0 Å². The van der Waals surface area contributed by atoms with Gasteiger partial charge in [-0.05, 0) is 47.9 Å². The molecule has 12 nitrogen and oxygen atoms in total. The molecule has 1 saturated heterocycles. The van der Waals surface area contributed by atoms with Crippen molar-refractivity contribution in [1.29, 1.82) is 0 Å². The van der Waals surface area contributed by atoms with Crippen LogP contribution in [-0.2, 0) is 27.8 Å². The number of H-pyrrole nitrogens is 1. The highest BCUT2D eigenvalue weighted by Crippen LogP contribution is 2.54. The van der Waals surface area contributed by atoms with E-state index in [1.807, 2.05) is 34.6 Å². The Morgan fingerprint density at radius 1 is 1.15 bits per heavy atom. The standard InChI is InChI=1S/C25H44N4O8P2/c1-16(2)29(17(3)4)38(35-12-11-26-7)37-21-20(19(6)39(9,10)32)36-24(22(21)34-14-13-33-8)28-15-18(5)23(30)27-25(28)31/h15-17,19-22,24H,11-14H2,1-6,8-10H3,(H,27,30,31)/t19?,20-,21-,22-,24-,38?/m1/s1. The van der Waals surface area contributed by atoms with Crippen LogP contribution in [0.15, 0.2) is 15.8 Å². The monoisotopic (exact) mass is 590 g/mol. The second-order valence-electron chi connectivity index (χ2n) is 10.6. The third kappa shape index (κ3) is 8.79. The molecule has 1 N–H and O–H groups in total. The predicted octanol–water partition coefficient (Wildman–Crippen LogP) is 3.45. The van der Waals surface area contributed by atoms with Crippen molar-refractivity contribution in [3.05, 3.63) is 44.0 Å². The van der Waals surface area contributed by atoms with Crippen LogP contribution >= 0.6 is 15.7 Å². The lowest BCUT2D eigenvalue weighted by molar-refractivity contribution is -0.0784. The van der Waals surface area contributed by atoms with Gasteiger partial charge in [-0.1, -0.05) is 6.92 Å². The van der Waals surface area contributed by atoms with E-state index in [4.69, 9.17) is 29.8 Å². The summed E-state index contributed by atoms with van der Waals surface area (Å²) >= 11 is 0. The van der Waals surface area contributed by atoms with Crippen molar-refractivity contribution in [2.45, 2.75) is 83.8 Å². The summed E-state index contributed by atoms with van der Waals surface area (Å²) in [6.07, 6.45) is -1.87. The van der Waals surface area contributed by atoms with Gasteiger partial charge in [0.05, 0.1) is 26.5 Å². The highest BCUT2D eigenvalue weighted by molar-refractivity contribution is 7.63. The largest absolute Gasteiger partial charge is 0.382 e. The molecule has 6 atom stereocenters. The summed E-state index contributed by atoms with van der Waals surface area (Å²) in [6, 6.07) is 0.109. The van der Waals surface area contributed by atoms with Crippen molar-refractivity contribution in [2.75, 3.05) is 46.8 Å². The van der Waals surface area contributed by atoms with Crippen LogP contribution in [0.4, 0.5) is 0 Å². The van der Waals surface area contributed by atoms with Crippen LogP contribution in [0.1, 0.15) is 46.4 Å². The number of aromatic amines is 1. The zero-order chi connectivity index (χ0) is 29.5. The van der Waals surface area contributed by atoms with E-state index in [9.17, 15) is 14.2 Å². The second kappa shape index (κ2) is 15.0. The average molecular weight is 591 g/mol. The SMILES string of the molecule is [C-]#[N+]CCOP(O[C@H]1[C@@H](OCCOC)[C@H](n2cc(C)c(=O)[nH]c2=O)O[C@@H]1C(C)P(C)(C)=O)N(C(C)C)C(C)C. The van der Waals surface area contributed by atoms with Crippen LogP contribution in [0.25, 0.3) is 4.85 Å². The number of aromatic nitrogens is 2. The number of methoxy groups -OCH3 is 1. The topological polar surface area (TPSA) is 126 Å². The third-order valence-corrected chi connectivity index (χ3v) is 10.9. The molecule has 2 rings (SSSR count). The van der Waals surface area contributed by atoms with Gasteiger partial charge in [-0.25, -0.2) is 16.0 Å². The minimum atomic E-state index is -2.70. The van der Waals surface area contributed by atoms with Gasteiger partial charge in [0, 0.05) is 36.6 Å². The number of hydrogen-bond donors (Lipinski definition) is 1. The van der Waals surface area contributed by atoms with E-state index in [-0.39, 0.29) is 38.4 Å². The van der Waals surface area contributed by atoms with Crippen LogP contribution in [0, 0.1) is 13.5 Å². The lowest BCUT2D eigenvalue weighted by Crippen LogP contribution is -2.44. The van der Waals surface area contributed by atoms with Gasteiger partial charge in [-0.3, -0.25) is 14.3 Å². The average Bonchev–Trinajstić information content (AvgIpc) is 3.17. The van der Waals surface area contributed by atoms with Gasteiger partial charge in [-0.2, -0.15) is 0 Å². The summed E-state index contributed by atoms with van der Waals surface area (Å²) in [7, 11) is -2.84. The first-order valence-electron chi connectivity index (χ1n) is 13.1. The number of nitrogens with zero attached hydrogens (tertiary/aromatic N) is 3. The Balaban J connectivity index is 2.65. The van der Waals surface area contributed by atoms with E-state index in [1.54, 1.807) is 27.4 Å². The molecule has 222 valence electrons. The van der Waals surface area contributed by atoms with E-state index in [0.717, 1.165) is 0 Å². The van der Waals surface area contributed by atoms with Crippen LogP contribution in [0.5, 0.6) is 0 Å². The maximum atomic E-state index is 13.3. The molecule has 1 aromatic heterocycles. The molecular weight excluding hydrogens is 546 g/mol. The predicted molar refractivity (Wildman–Crippen MR) is 152 cm³/mol. The Kier molecular flexibility index (Phi) is 13.0. The fraction of sp³-hybridized carbons (Fsp3) is 0.800. The Morgan fingerprint density at radius 3 is 2.33 bits per heavy atom. The van der Waals surface area contributed by atoms with Crippen LogP contribution < -0.4 is 11.2 Å². The summed E-state index contributed by atoms with van der Waals surface area (Å²) in [4.78, 5) is 30.7. The molecule has 0 aromatic carbocycles. The molecule has 1 fully saturated rings. The number of nitrogens with one attached hydrogen (secondary N) is 1. The number of ether oxygens (including phenoxy) is 3. The molecular formula is C25H44N4O8P2. The second-order valence-corrected chi connectivity index (χ2v) is 15.7. The molecule has 0 radical (unpaired) electrons. The quantitative estimate of drug-likeness (QED) is 0.186. The van der Waals surface area contributed by atoms with Gasteiger partial charge in [0.25, 0.3) is 14.1 Å².